The Hall–Kier alpha value is -1.59. The smallest absolute Gasteiger partial charge is 0.240 e. The molecule has 0 radical (unpaired) electrons. The van der Waals surface area contributed by atoms with Gasteiger partial charge in [0.1, 0.15) is 5.76 Å². The molecule has 0 amide bonds. The zero-order valence-corrected chi connectivity index (χ0v) is 9.28. The topological polar surface area (TPSA) is 59.3 Å². The Kier molecular flexibility index (Phi) is 3.07. The van der Waals surface area contributed by atoms with Crippen LogP contribution in [0.1, 0.15) is 5.76 Å². The van der Waals surface area contributed by atoms with Gasteiger partial charge in [0.2, 0.25) is 10.0 Å². The molecule has 0 fully saturated rings. The van der Waals surface area contributed by atoms with Crippen LogP contribution >= 0.6 is 0 Å². The first-order valence-electron chi connectivity index (χ1n) is 4.75. The predicted octanol–water partition coefficient (Wildman–Crippen LogP) is 1.76. The summed E-state index contributed by atoms with van der Waals surface area (Å²) >= 11 is 0. The van der Waals surface area contributed by atoms with Gasteiger partial charge < -0.3 is 4.42 Å². The molecule has 2 rings (SSSR count). The maximum Gasteiger partial charge on any atom is 0.240 e. The second kappa shape index (κ2) is 4.51. The Labute approximate surface area is 94.0 Å². The molecule has 16 heavy (non-hydrogen) atoms. The molecule has 0 aliphatic rings. The van der Waals surface area contributed by atoms with Gasteiger partial charge in [-0.25, -0.2) is 13.1 Å². The molecule has 0 atom stereocenters. The third-order valence-electron chi connectivity index (χ3n) is 2.07. The van der Waals surface area contributed by atoms with Gasteiger partial charge in [-0.05, 0) is 24.3 Å². The Morgan fingerprint density at radius 1 is 1.06 bits per heavy atom. The SMILES string of the molecule is O=S(=O)(NCc1ccco1)c1ccccc1. The van der Waals surface area contributed by atoms with E-state index in [1.54, 1.807) is 42.5 Å². The number of hydrogen-bond donors (Lipinski definition) is 1. The summed E-state index contributed by atoms with van der Waals surface area (Å²) in [6.45, 7) is 0.157. The molecule has 0 saturated carbocycles. The molecule has 1 heterocycles. The van der Waals surface area contributed by atoms with Crippen molar-refractivity contribution in [2.75, 3.05) is 0 Å². The van der Waals surface area contributed by atoms with Gasteiger partial charge in [-0.1, -0.05) is 18.2 Å². The highest BCUT2D eigenvalue weighted by Gasteiger charge is 2.12. The van der Waals surface area contributed by atoms with Crippen LogP contribution in [0.15, 0.2) is 58.0 Å². The van der Waals surface area contributed by atoms with Crippen LogP contribution in [0.3, 0.4) is 0 Å². The van der Waals surface area contributed by atoms with Crippen molar-refractivity contribution < 1.29 is 12.8 Å². The van der Waals surface area contributed by atoms with Crippen LogP contribution in [-0.2, 0) is 16.6 Å². The van der Waals surface area contributed by atoms with E-state index in [0.717, 1.165) is 0 Å². The van der Waals surface area contributed by atoms with Gasteiger partial charge in [0, 0.05) is 0 Å². The summed E-state index contributed by atoms with van der Waals surface area (Å²) in [5, 5.41) is 0. The first-order chi connectivity index (χ1) is 7.68. The zero-order valence-electron chi connectivity index (χ0n) is 8.46. The number of sulfonamides is 1. The lowest BCUT2D eigenvalue weighted by atomic mass is 10.4. The lowest BCUT2D eigenvalue weighted by molar-refractivity contribution is 0.498. The van der Waals surface area contributed by atoms with E-state index < -0.39 is 10.0 Å². The molecule has 0 aliphatic carbocycles. The lowest BCUT2D eigenvalue weighted by Gasteiger charge is -2.04. The second-order valence-electron chi connectivity index (χ2n) is 3.22. The molecule has 0 bridgehead atoms. The lowest BCUT2D eigenvalue weighted by Crippen LogP contribution is -2.22. The predicted molar refractivity (Wildman–Crippen MR) is 59.2 cm³/mol. The van der Waals surface area contributed by atoms with Crippen LogP contribution in [0.2, 0.25) is 0 Å². The third-order valence-corrected chi connectivity index (χ3v) is 3.49. The maximum absolute atomic E-state index is 11.8. The van der Waals surface area contributed by atoms with Crippen LogP contribution in [0.5, 0.6) is 0 Å². The first kappa shape index (κ1) is 10.9. The fourth-order valence-corrected chi connectivity index (χ4v) is 2.28. The number of benzene rings is 1. The van der Waals surface area contributed by atoms with E-state index in [1.165, 1.54) is 6.26 Å². The van der Waals surface area contributed by atoms with Crippen LogP contribution < -0.4 is 4.72 Å². The average Bonchev–Trinajstić information content (AvgIpc) is 2.81. The van der Waals surface area contributed by atoms with Gasteiger partial charge in [0.05, 0.1) is 17.7 Å². The Balaban J connectivity index is 2.10. The van der Waals surface area contributed by atoms with Crippen molar-refractivity contribution in [1.29, 1.82) is 0 Å². The van der Waals surface area contributed by atoms with Crippen molar-refractivity contribution in [2.24, 2.45) is 0 Å². The van der Waals surface area contributed by atoms with Crippen LogP contribution in [0.4, 0.5) is 0 Å². The molecule has 5 heteroatoms. The van der Waals surface area contributed by atoms with Gasteiger partial charge in [-0.2, -0.15) is 0 Å². The summed E-state index contributed by atoms with van der Waals surface area (Å²) in [6, 6.07) is 11.7. The van der Waals surface area contributed by atoms with Gasteiger partial charge in [0.15, 0.2) is 0 Å². The molecule has 0 spiro atoms. The molecule has 4 nitrogen and oxygen atoms in total. The number of hydrogen-bond acceptors (Lipinski definition) is 3. The number of rotatable bonds is 4. The van der Waals surface area contributed by atoms with Crippen molar-refractivity contribution in [3.05, 3.63) is 54.5 Å². The highest BCUT2D eigenvalue weighted by atomic mass is 32.2. The number of furan rings is 1. The van der Waals surface area contributed by atoms with E-state index in [0.29, 0.717) is 5.76 Å². The molecule has 84 valence electrons. The Morgan fingerprint density at radius 3 is 2.44 bits per heavy atom. The third kappa shape index (κ3) is 2.50. The summed E-state index contributed by atoms with van der Waals surface area (Å²) in [4.78, 5) is 0.251. The molecule has 1 aromatic heterocycles. The molecular weight excluding hydrogens is 226 g/mol. The van der Waals surface area contributed by atoms with E-state index in [2.05, 4.69) is 4.72 Å². The van der Waals surface area contributed by atoms with Crippen molar-refractivity contribution in [2.45, 2.75) is 11.4 Å². The molecule has 2 aromatic rings. The van der Waals surface area contributed by atoms with Crippen molar-refractivity contribution in [1.82, 2.24) is 4.72 Å². The summed E-state index contributed by atoms with van der Waals surface area (Å²) < 4.78 is 31.0. The minimum atomic E-state index is -3.45. The zero-order chi connectivity index (χ0) is 11.4. The largest absolute Gasteiger partial charge is 0.468 e. The summed E-state index contributed by atoms with van der Waals surface area (Å²) in [5.41, 5.74) is 0. The van der Waals surface area contributed by atoms with Crippen LogP contribution in [-0.4, -0.2) is 8.42 Å². The standard InChI is InChI=1S/C11H11NO3S/c13-16(14,11-6-2-1-3-7-11)12-9-10-5-4-8-15-10/h1-8,12H,9H2. The molecule has 0 aliphatic heterocycles. The van der Waals surface area contributed by atoms with E-state index in [1.807, 2.05) is 0 Å². The summed E-state index contributed by atoms with van der Waals surface area (Å²) in [6.07, 6.45) is 1.51. The normalized spacial score (nSPS) is 11.5. The van der Waals surface area contributed by atoms with Gasteiger partial charge in [-0.3, -0.25) is 0 Å². The van der Waals surface area contributed by atoms with E-state index in [4.69, 9.17) is 4.42 Å². The second-order valence-corrected chi connectivity index (χ2v) is 4.98. The molecule has 1 aromatic carbocycles. The van der Waals surface area contributed by atoms with Gasteiger partial charge in [0.25, 0.3) is 0 Å². The quantitative estimate of drug-likeness (QED) is 0.881. The van der Waals surface area contributed by atoms with E-state index in [-0.39, 0.29) is 11.4 Å². The fourth-order valence-electron chi connectivity index (χ4n) is 1.26. The van der Waals surface area contributed by atoms with Crippen molar-refractivity contribution in [3.63, 3.8) is 0 Å². The monoisotopic (exact) mass is 237 g/mol. The minimum Gasteiger partial charge on any atom is -0.468 e. The average molecular weight is 237 g/mol. The maximum atomic E-state index is 11.8. The summed E-state index contributed by atoms with van der Waals surface area (Å²) in [5.74, 6) is 0.583. The summed E-state index contributed by atoms with van der Waals surface area (Å²) in [7, 11) is -3.45. The molecule has 0 unspecified atom stereocenters. The van der Waals surface area contributed by atoms with E-state index >= 15 is 0 Å². The minimum absolute atomic E-state index is 0.157. The van der Waals surface area contributed by atoms with Crippen LogP contribution in [0, 0.1) is 0 Å². The van der Waals surface area contributed by atoms with E-state index in [9.17, 15) is 8.42 Å². The highest BCUT2D eigenvalue weighted by Crippen LogP contribution is 2.08. The molecular formula is C11H11NO3S. The fraction of sp³-hybridized carbons (Fsp3) is 0.0909. The highest BCUT2D eigenvalue weighted by molar-refractivity contribution is 7.89. The van der Waals surface area contributed by atoms with Gasteiger partial charge in [-0.15, -0.1) is 0 Å². The Morgan fingerprint density at radius 2 is 1.81 bits per heavy atom. The first-order valence-corrected chi connectivity index (χ1v) is 6.24. The van der Waals surface area contributed by atoms with Gasteiger partial charge >= 0.3 is 0 Å². The Bertz CT molecular complexity index is 532. The van der Waals surface area contributed by atoms with Crippen LogP contribution in [0.25, 0.3) is 0 Å². The number of nitrogens with one attached hydrogen (secondary N) is 1. The van der Waals surface area contributed by atoms with Crippen molar-refractivity contribution >= 4 is 10.0 Å². The molecule has 0 saturated heterocycles. The molecule has 1 N–H and O–H groups in total. The van der Waals surface area contributed by atoms with Crippen molar-refractivity contribution in [3.8, 4) is 0 Å².